The zero-order valence-corrected chi connectivity index (χ0v) is 14.2. The largest absolute Gasteiger partial charge is 0.497 e. The summed E-state index contributed by atoms with van der Waals surface area (Å²) in [5, 5.41) is 29.8. The molecule has 1 atom stereocenters. The molecule has 0 aliphatic rings. The molecule has 0 spiro atoms. The number of methoxy groups -OCH3 is 1. The van der Waals surface area contributed by atoms with Crippen molar-refractivity contribution >= 4 is 10.8 Å². The maximum Gasteiger partial charge on any atom is 0.259 e. The zero-order chi connectivity index (χ0) is 18.7. The molecule has 1 heterocycles. The number of nitriles is 1. The Hall–Kier alpha value is -3.14. The number of hydrogen-bond donors (Lipinski definition) is 2. The highest BCUT2D eigenvalue weighted by Gasteiger charge is 2.20. The van der Waals surface area contributed by atoms with Crippen molar-refractivity contribution in [2.45, 2.75) is 12.6 Å². The molecular weight excluding hydrogens is 332 g/mol. The number of ether oxygens (including phenoxy) is 1. The van der Waals surface area contributed by atoms with Crippen molar-refractivity contribution in [2.24, 2.45) is 0 Å². The topological polar surface area (TPSA) is 95.5 Å². The average molecular weight is 350 g/mol. The van der Waals surface area contributed by atoms with Crippen LogP contribution in [0.2, 0.25) is 0 Å². The highest BCUT2D eigenvalue weighted by molar-refractivity contribution is 5.99. The molecule has 2 N–H and O–H groups in total. The minimum Gasteiger partial charge on any atom is -0.497 e. The van der Waals surface area contributed by atoms with E-state index in [2.05, 4.69) is 6.07 Å². The van der Waals surface area contributed by atoms with Crippen molar-refractivity contribution in [2.75, 3.05) is 13.7 Å². The number of benzene rings is 2. The van der Waals surface area contributed by atoms with Crippen LogP contribution in [0.5, 0.6) is 5.75 Å². The third kappa shape index (κ3) is 3.06. The van der Waals surface area contributed by atoms with E-state index >= 15 is 0 Å². The lowest BCUT2D eigenvalue weighted by atomic mass is 9.96. The van der Waals surface area contributed by atoms with Gasteiger partial charge in [-0.3, -0.25) is 9.36 Å². The van der Waals surface area contributed by atoms with E-state index in [0.29, 0.717) is 22.1 Å². The average Bonchev–Trinajstić information content (AvgIpc) is 2.69. The quantitative estimate of drug-likeness (QED) is 0.733. The van der Waals surface area contributed by atoms with Gasteiger partial charge in [-0.2, -0.15) is 5.26 Å². The van der Waals surface area contributed by atoms with E-state index in [4.69, 9.17) is 9.84 Å². The minimum absolute atomic E-state index is 0.134. The Bertz CT molecular complexity index is 1040. The molecule has 6 heteroatoms. The van der Waals surface area contributed by atoms with E-state index in [0.717, 1.165) is 5.56 Å². The molecule has 0 fully saturated rings. The predicted molar refractivity (Wildman–Crippen MR) is 98.0 cm³/mol. The first kappa shape index (κ1) is 17.7. The molecule has 3 rings (SSSR count). The SMILES string of the molecule is COc1ccc2c(=O)n(CC(O)CO)c(C#N)c(-c3ccccc3)c2c1. The lowest BCUT2D eigenvalue weighted by Crippen LogP contribution is -2.31. The molecule has 0 aliphatic heterocycles. The zero-order valence-electron chi connectivity index (χ0n) is 14.2. The first-order chi connectivity index (χ1) is 12.6. The number of hydrogen-bond acceptors (Lipinski definition) is 5. The van der Waals surface area contributed by atoms with Gasteiger partial charge in [0.2, 0.25) is 0 Å². The molecule has 26 heavy (non-hydrogen) atoms. The fraction of sp³-hybridized carbons (Fsp3) is 0.200. The summed E-state index contributed by atoms with van der Waals surface area (Å²) in [6.07, 6.45) is -1.14. The first-order valence-corrected chi connectivity index (χ1v) is 8.09. The fourth-order valence-electron chi connectivity index (χ4n) is 3.01. The Balaban J connectivity index is 2.45. The number of aromatic nitrogens is 1. The number of aliphatic hydroxyl groups is 2. The summed E-state index contributed by atoms with van der Waals surface area (Å²) in [6.45, 7) is -0.668. The maximum atomic E-state index is 12.9. The summed E-state index contributed by atoms with van der Waals surface area (Å²) in [7, 11) is 1.54. The van der Waals surface area contributed by atoms with Gasteiger partial charge in [0.1, 0.15) is 17.5 Å². The summed E-state index contributed by atoms with van der Waals surface area (Å²) in [6, 6.07) is 16.4. The van der Waals surface area contributed by atoms with E-state index in [-0.39, 0.29) is 12.2 Å². The third-order valence-electron chi connectivity index (χ3n) is 4.25. The van der Waals surface area contributed by atoms with Crippen molar-refractivity contribution in [1.29, 1.82) is 5.26 Å². The van der Waals surface area contributed by atoms with Crippen molar-refractivity contribution in [3.63, 3.8) is 0 Å². The standard InChI is InChI=1S/C20H18N2O4/c1-26-15-7-8-16-17(9-15)19(13-5-3-2-4-6-13)18(10-21)22(20(16)25)11-14(24)12-23/h2-9,14,23-24H,11-12H2,1H3. The predicted octanol–water partition coefficient (Wildman–Crippen LogP) is 1.90. The summed E-state index contributed by atoms with van der Waals surface area (Å²) < 4.78 is 6.49. The normalized spacial score (nSPS) is 11.9. The number of pyridine rings is 1. The highest BCUT2D eigenvalue weighted by atomic mass is 16.5. The minimum atomic E-state index is -1.14. The molecule has 0 saturated carbocycles. The monoisotopic (exact) mass is 350 g/mol. The maximum absolute atomic E-state index is 12.9. The molecule has 1 aromatic heterocycles. The highest BCUT2D eigenvalue weighted by Crippen LogP contribution is 2.32. The molecule has 0 bridgehead atoms. The Morgan fingerprint density at radius 1 is 1.19 bits per heavy atom. The van der Waals surface area contributed by atoms with Crippen molar-refractivity contribution in [3.05, 3.63) is 64.6 Å². The Labute approximate surface area is 150 Å². The third-order valence-corrected chi connectivity index (χ3v) is 4.25. The van der Waals surface area contributed by atoms with E-state index in [9.17, 15) is 15.2 Å². The van der Waals surface area contributed by atoms with Gasteiger partial charge in [-0.15, -0.1) is 0 Å². The van der Waals surface area contributed by atoms with Crippen LogP contribution in [0.4, 0.5) is 0 Å². The van der Waals surface area contributed by atoms with Gasteiger partial charge in [0.25, 0.3) is 5.56 Å². The molecule has 3 aromatic rings. The second kappa shape index (κ2) is 7.40. The van der Waals surface area contributed by atoms with Crippen LogP contribution in [0.1, 0.15) is 5.69 Å². The van der Waals surface area contributed by atoms with Gasteiger partial charge in [0.05, 0.1) is 26.4 Å². The van der Waals surface area contributed by atoms with Crippen LogP contribution in [-0.2, 0) is 6.54 Å². The van der Waals surface area contributed by atoms with Crippen LogP contribution in [0.3, 0.4) is 0 Å². The van der Waals surface area contributed by atoms with Crippen LogP contribution in [-0.4, -0.2) is 34.6 Å². The Morgan fingerprint density at radius 3 is 2.54 bits per heavy atom. The van der Waals surface area contributed by atoms with Crippen molar-refractivity contribution in [1.82, 2.24) is 4.57 Å². The van der Waals surface area contributed by atoms with E-state index in [1.807, 2.05) is 30.3 Å². The molecule has 132 valence electrons. The summed E-state index contributed by atoms with van der Waals surface area (Å²) >= 11 is 0. The van der Waals surface area contributed by atoms with Crippen LogP contribution in [0.25, 0.3) is 21.9 Å². The second-order valence-corrected chi connectivity index (χ2v) is 5.87. The molecule has 1 unspecified atom stereocenters. The van der Waals surface area contributed by atoms with Crippen molar-refractivity contribution in [3.8, 4) is 22.9 Å². The smallest absolute Gasteiger partial charge is 0.259 e. The van der Waals surface area contributed by atoms with Gasteiger partial charge >= 0.3 is 0 Å². The van der Waals surface area contributed by atoms with E-state index in [1.165, 1.54) is 11.7 Å². The molecule has 0 aliphatic carbocycles. The lowest BCUT2D eigenvalue weighted by Gasteiger charge is -2.18. The van der Waals surface area contributed by atoms with Gasteiger partial charge in [-0.25, -0.2) is 0 Å². The molecule has 2 aromatic carbocycles. The number of aliphatic hydroxyl groups excluding tert-OH is 2. The van der Waals surface area contributed by atoms with Gasteiger partial charge in [0.15, 0.2) is 0 Å². The molecule has 0 saturated heterocycles. The molecule has 0 radical (unpaired) electrons. The molecular formula is C20H18N2O4. The Kier molecular flexibility index (Phi) is 5.03. The van der Waals surface area contributed by atoms with Crippen molar-refractivity contribution < 1.29 is 14.9 Å². The van der Waals surface area contributed by atoms with Crippen LogP contribution in [0.15, 0.2) is 53.3 Å². The summed E-state index contributed by atoms with van der Waals surface area (Å²) in [4.78, 5) is 12.9. The number of nitrogens with zero attached hydrogens (tertiary/aromatic N) is 2. The first-order valence-electron chi connectivity index (χ1n) is 8.09. The molecule has 6 nitrogen and oxygen atoms in total. The van der Waals surface area contributed by atoms with Gasteiger partial charge in [-0.1, -0.05) is 30.3 Å². The summed E-state index contributed by atoms with van der Waals surface area (Å²) in [5.74, 6) is 0.575. The van der Waals surface area contributed by atoms with Gasteiger partial charge in [0, 0.05) is 16.3 Å². The van der Waals surface area contributed by atoms with Crippen LogP contribution >= 0.6 is 0 Å². The van der Waals surface area contributed by atoms with Gasteiger partial charge in [-0.05, 0) is 23.8 Å². The Morgan fingerprint density at radius 2 is 1.92 bits per heavy atom. The van der Waals surface area contributed by atoms with E-state index in [1.54, 1.807) is 18.2 Å². The fourth-order valence-corrected chi connectivity index (χ4v) is 3.01. The number of rotatable bonds is 5. The summed E-state index contributed by atoms with van der Waals surface area (Å²) in [5.41, 5.74) is 1.10. The van der Waals surface area contributed by atoms with Gasteiger partial charge < -0.3 is 14.9 Å². The van der Waals surface area contributed by atoms with E-state index < -0.39 is 18.3 Å². The van der Waals surface area contributed by atoms with Crippen LogP contribution < -0.4 is 10.3 Å². The second-order valence-electron chi connectivity index (χ2n) is 5.87. The van der Waals surface area contributed by atoms with Crippen LogP contribution in [0, 0.1) is 11.3 Å². The lowest BCUT2D eigenvalue weighted by molar-refractivity contribution is 0.0803. The number of fused-ring (bicyclic) bond motifs is 1. The molecule has 0 amide bonds.